The molecule has 0 fully saturated rings. The lowest BCUT2D eigenvalue weighted by Gasteiger charge is -2.21. The monoisotopic (exact) mass is 334 g/mol. The average molecular weight is 334 g/mol. The number of aromatic nitrogens is 3. The van der Waals surface area contributed by atoms with Crippen LogP contribution in [-0.2, 0) is 0 Å². The number of hydrogen-bond acceptors (Lipinski definition) is 3. The summed E-state index contributed by atoms with van der Waals surface area (Å²) in [6, 6.07) is 19.3. The van der Waals surface area contributed by atoms with Crippen LogP contribution >= 0.6 is 0 Å². The Morgan fingerprint density at radius 3 is 2.28 bits per heavy atom. The summed E-state index contributed by atoms with van der Waals surface area (Å²) in [7, 11) is 0. The van der Waals surface area contributed by atoms with Gasteiger partial charge in [0.2, 0.25) is 0 Å². The van der Waals surface area contributed by atoms with Crippen LogP contribution in [0, 0.1) is 6.92 Å². The summed E-state index contributed by atoms with van der Waals surface area (Å²) in [6.07, 6.45) is 1.96. The van der Waals surface area contributed by atoms with E-state index in [0.717, 1.165) is 24.2 Å². The number of benzene rings is 2. The third-order valence-electron chi connectivity index (χ3n) is 4.02. The second kappa shape index (κ2) is 7.75. The lowest BCUT2D eigenvalue weighted by atomic mass is 10.2. The van der Waals surface area contributed by atoms with E-state index in [1.807, 2.05) is 67.6 Å². The van der Waals surface area contributed by atoms with Crippen LogP contribution in [0.25, 0.3) is 5.69 Å². The molecule has 1 heterocycles. The summed E-state index contributed by atoms with van der Waals surface area (Å²) in [6.45, 7) is 4.60. The number of nitrogens with zero attached hydrogens (tertiary/aromatic N) is 4. The third-order valence-corrected chi connectivity index (χ3v) is 4.02. The second-order valence-electron chi connectivity index (χ2n) is 5.90. The Kier molecular flexibility index (Phi) is 5.23. The molecule has 0 atom stereocenters. The van der Waals surface area contributed by atoms with Crippen LogP contribution in [0.5, 0.6) is 0 Å². The van der Waals surface area contributed by atoms with Crippen molar-refractivity contribution in [2.24, 2.45) is 0 Å². The summed E-state index contributed by atoms with van der Waals surface area (Å²) >= 11 is 0. The number of anilines is 1. The molecule has 0 radical (unpaired) electrons. The number of aryl methyl sites for hydroxylation is 1. The van der Waals surface area contributed by atoms with Crippen LogP contribution in [0.15, 0.2) is 60.7 Å². The topological polar surface area (TPSA) is 51.0 Å². The number of carbonyl (C=O) groups excluding carboxylic acids is 1. The van der Waals surface area contributed by atoms with Gasteiger partial charge in [0.15, 0.2) is 5.69 Å². The third kappa shape index (κ3) is 3.76. The molecule has 1 aromatic heterocycles. The smallest absolute Gasteiger partial charge is 0.280 e. The van der Waals surface area contributed by atoms with Crippen molar-refractivity contribution in [2.45, 2.75) is 26.7 Å². The van der Waals surface area contributed by atoms with E-state index in [1.54, 1.807) is 4.90 Å². The van der Waals surface area contributed by atoms with Crippen LogP contribution in [0.4, 0.5) is 5.69 Å². The quantitative estimate of drug-likeness (QED) is 0.684. The van der Waals surface area contributed by atoms with Crippen molar-refractivity contribution in [1.29, 1.82) is 0 Å². The van der Waals surface area contributed by atoms with Gasteiger partial charge in [0.1, 0.15) is 0 Å². The van der Waals surface area contributed by atoms with E-state index < -0.39 is 0 Å². The minimum absolute atomic E-state index is 0.112. The summed E-state index contributed by atoms with van der Waals surface area (Å²) in [5.41, 5.74) is 2.74. The van der Waals surface area contributed by atoms with Gasteiger partial charge >= 0.3 is 0 Å². The molecular weight excluding hydrogens is 312 g/mol. The van der Waals surface area contributed by atoms with Crippen LogP contribution in [0.3, 0.4) is 0 Å². The fourth-order valence-corrected chi connectivity index (χ4v) is 2.65. The Hall–Kier alpha value is -2.95. The molecule has 0 N–H and O–H groups in total. The Balaban J connectivity index is 1.93. The molecule has 2 aromatic carbocycles. The highest BCUT2D eigenvalue weighted by Gasteiger charge is 2.23. The van der Waals surface area contributed by atoms with Crippen molar-refractivity contribution in [3.8, 4) is 5.69 Å². The molecule has 1 amide bonds. The zero-order valence-corrected chi connectivity index (χ0v) is 14.6. The molecule has 0 aliphatic carbocycles. The maximum atomic E-state index is 13.1. The fourth-order valence-electron chi connectivity index (χ4n) is 2.65. The van der Waals surface area contributed by atoms with Crippen LogP contribution in [-0.4, -0.2) is 27.4 Å². The largest absolute Gasteiger partial charge is 0.307 e. The van der Waals surface area contributed by atoms with Gasteiger partial charge < -0.3 is 4.90 Å². The summed E-state index contributed by atoms with van der Waals surface area (Å²) in [4.78, 5) is 16.4. The Bertz CT molecular complexity index is 827. The molecule has 3 rings (SSSR count). The molecule has 0 unspecified atom stereocenters. The molecule has 5 heteroatoms. The first kappa shape index (κ1) is 16.9. The van der Waals surface area contributed by atoms with Gasteiger partial charge in [0.25, 0.3) is 5.91 Å². The molecule has 0 aliphatic rings. The Morgan fingerprint density at radius 2 is 1.64 bits per heavy atom. The fraction of sp³-hybridized carbons (Fsp3) is 0.250. The predicted molar refractivity (Wildman–Crippen MR) is 99.1 cm³/mol. The number of carbonyl (C=O) groups is 1. The van der Waals surface area contributed by atoms with Crippen LogP contribution < -0.4 is 4.90 Å². The van der Waals surface area contributed by atoms with Crippen molar-refractivity contribution in [2.75, 3.05) is 11.4 Å². The molecule has 0 aliphatic heterocycles. The number of unbranched alkanes of at least 4 members (excludes halogenated alkanes) is 1. The van der Waals surface area contributed by atoms with Crippen molar-refractivity contribution >= 4 is 11.6 Å². The first-order valence-electron chi connectivity index (χ1n) is 8.57. The molecule has 0 spiro atoms. The number of rotatable bonds is 6. The maximum absolute atomic E-state index is 13.1. The van der Waals surface area contributed by atoms with Crippen molar-refractivity contribution in [3.63, 3.8) is 0 Å². The van der Waals surface area contributed by atoms with E-state index in [9.17, 15) is 4.79 Å². The standard InChI is InChI=1S/C20H22N4O/c1-3-4-15-23(17-11-7-5-8-12-17)20(25)19-16(2)21-24(22-19)18-13-9-6-10-14-18/h5-14H,3-4,15H2,1-2H3. The summed E-state index contributed by atoms with van der Waals surface area (Å²) < 4.78 is 0. The second-order valence-corrected chi connectivity index (χ2v) is 5.90. The molecule has 128 valence electrons. The van der Waals surface area contributed by atoms with E-state index in [1.165, 1.54) is 4.80 Å². The van der Waals surface area contributed by atoms with E-state index in [4.69, 9.17) is 0 Å². The number of hydrogen-bond donors (Lipinski definition) is 0. The minimum atomic E-state index is -0.112. The van der Waals surface area contributed by atoms with Gasteiger partial charge in [0, 0.05) is 12.2 Å². The van der Waals surface area contributed by atoms with Crippen molar-refractivity contribution in [1.82, 2.24) is 15.0 Å². The molecule has 3 aromatic rings. The highest BCUT2D eigenvalue weighted by atomic mass is 16.2. The van der Waals surface area contributed by atoms with Gasteiger partial charge in [-0.25, -0.2) is 0 Å². The van der Waals surface area contributed by atoms with Crippen molar-refractivity contribution in [3.05, 3.63) is 72.1 Å². The van der Waals surface area contributed by atoms with Gasteiger partial charge in [-0.05, 0) is 37.6 Å². The summed E-state index contributed by atoms with van der Waals surface area (Å²) in [5.74, 6) is -0.112. The molecule has 5 nitrogen and oxygen atoms in total. The highest BCUT2D eigenvalue weighted by molar-refractivity contribution is 6.05. The molecular formula is C20H22N4O. The SMILES string of the molecule is CCCCN(C(=O)c1nn(-c2ccccc2)nc1C)c1ccccc1. The van der Waals surface area contributed by atoms with Crippen LogP contribution in [0.1, 0.15) is 35.9 Å². The zero-order chi connectivity index (χ0) is 17.6. The number of para-hydroxylation sites is 2. The maximum Gasteiger partial charge on any atom is 0.280 e. The normalized spacial score (nSPS) is 10.6. The Morgan fingerprint density at radius 1 is 1.00 bits per heavy atom. The zero-order valence-electron chi connectivity index (χ0n) is 14.6. The molecule has 0 saturated carbocycles. The lowest BCUT2D eigenvalue weighted by molar-refractivity contribution is 0.0981. The van der Waals surface area contributed by atoms with Gasteiger partial charge in [-0.15, -0.1) is 5.10 Å². The number of amides is 1. The van der Waals surface area contributed by atoms with E-state index in [0.29, 0.717) is 17.9 Å². The summed E-state index contributed by atoms with van der Waals surface area (Å²) in [5, 5.41) is 8.87. The first-order valence-corrected chi connectivity index (χ1v) is 8.57. The van der Waals surface area contributed by atoms with Gasteiger partial charge in [-0.2, -0.15) is 9.90 Å². The molecule has 0 saturated heterocycles. The predicted octanol–water partition coefficient (Wildman–Crippen LogP) is 4.02. The Labute approximate surface area is 147 Å². The highest BCUT2D eigenvalue weighted by Crippen LogP contribution is 2.18. The first-order chi connectivity index (χ1) is 12.2. The van der Waals surface area contributed by atoms with Crippen LogP contribution in [0.2, 0.25) is 0 Å². The van der Waals surface area contributed by atoms with E-state index in [-0.39, 0.29) is 5.91 Å². The van der Waals surface area contributed by atoms with Crippen molar-refractivity contribution < 1.29 is 4.79 Å². The van der Waals surface area contributed by atoms with Gasteiger partial charge in [0.05, 0.1) is 11.4 Å². The van der Waals surface area contributed by atoms with E-state index >= 15 is 0 Å². The van der Waals surface area contributed by atoms with Gasteiger partial charge in [-0.1, -0.05) is 49.7 Å². The minimum Gasteiger partial charge on any atom is -0.307 e. The average Bonchev–Trinajstić information content (AvgIpc) is 3.05. The molecule has 25 heavy (non-hydrogen) atoms. The van der Waals surface area contributed by atoms with E-state index in [2.05, 4.69) is 17.1 Å². The van der Waals surface area contributed by atoms with Gasteiger partial charge in [-0.3, -0.25) is 4.79 Å². The lowest BCUT2D eigenvalue weighted by Crippen LogP contribution is -2.32. The molecule has 0 bridgehead atoms.